The Hall–Kier alpha value is -2.42. The number of alkyl halides is 3. The Morgan fingerprint density at radius 3 is 2.60 bits per heavy atom. The van der Waals surface area contributed by atoms with Crippen LogP contribution in [-0.4, -0.2) is 20.7 Å². The maximum absolute atomic E-state index is 12.4. The quantitative estimate of drug-likeness (QED) is 0.499. The molecule has 0 spiro atoms. The van der Waals surface area contributed by atoms with Gasteiger partial charge < -0.3 is 0 Å². The van der Waals surface area contributed by atoms with Crippen molar-refractivity contribution in [1.82, 2.24) is 20.2 Å². The van der Waals surface area contributed by atoms with Gasteiger partial charge in [0.25, 0.3) is 5.91 Å². The molecule has 0 bridgehead atoms. The van der Waals surface area contributed by atoms with Crippen LogP contribution in [0.2, 0.25) is 0 Å². The van der Waals surface area contributed by atoms with Crippen LogP contribution in [0.15, 0.2) is 30.7 Å². The number of nitrogens with zero attached hydrogens (tertiary/aromatic N) is 3. The van der Waals surface area contributed by atoms with E-state index in [4.69, 9.17) is 5.84 Å². The number of nitrogens with two attached hydrogens (primary N) is 1. The lowest BCUT2D eigenvalue weighted by Gasteiger charge is -2.03. The highest BCUT2D eigenvalue weighted by Crippen LogP contribution is 2.28. The zero-order valence-electron chi connectivity index (χ0n) is 10.1. The Morgan fingerprint density at radius 1 is 1.35 bits per heavy atom. The molecule has 0 unspecified atom stereocenters. The lowest BCUT2D eigenvalue weighted by Crippen LogP contribution is -2.30. The molecule has 106 valence electrons. The SMILES string of the molecule is NNC(=O)c1ccc(Cn2cc(C(F)(F)F)cn2)nc1. The number of rotatable bonds is 3. The summed E-state index contributed by atoms with van der Waals surface area (Å²) >= 11 is 0. The number of hydrazine groups is 1. The van der Waals surface area contributed by atoms with Gasteiger partial charge in [0.05, 0.1) is 29.6 Å². The van der Waals surface area contributed by atoms with Crippen LogP contribution in [0.4, 0.5) is 13.2 Å². The van der Waals surface area contributed by atoms with E-state index in [1.807, 2.05) is 5.43 Å². The zero-order valence-corrected chi connectivity index (χ0v) is 10.1. The molecule has 3 N–H and O–H groups in total. The van der Waals surface area contributed by atoms with E-state index >= 15 is 0 Å². The molecule has 2 heterocycles. The van der Waals surface area contributed by atoms with Gasteiger partial charge in [0.2, 0.25) is 0 Å². The largest absolute Gasteiger partial charge is 0.419 e. The molecule has 0 aliphatic rings. The van der Waals surface area contributed by atoms with E-state index in [0.29, 0.717) is 5.69 Å². The highest BCUT2D eigenvalue weighted by Gasteiger charge is 2.32. The Kier molecular flexibility index (Phi) is 3.70. The fraction of sp³-hybridized carbons (Fsp3) is 0.182. The number of nitrogen functional groups attached to an aromatic ring is 1. The first kappa shape index (κ1) is 14.0. The molecule has 9 heteroatoms. The second-order valence-corrected chi connectivity index (χ2v) is 3.94. The smallest absolute Gasteiger partial charge is 0.290 e. The molecule has 0 fully saturated rings. The van der Waals surface area contributed by atoms with Gasteiger partial charge in [0, 0.05) is 12.4 Å². The van der Waals surface area contributed by atoms with Crippen molar-refractivity contribution >= 4 is 5.91 Å². The van der Waals surface area contributed by atoms with Crippen LogP contribution in [-0.2, 0) is 12.7 Å². The monoisotopic (exact) mass is 285 g/mol. The molecule has 20 heavy (non-hydrogen) atoms. The maximum atomic E-state index is 12.4. The molecule has 1 amide bonds. The zero-order chi connectivity index (χ0) is 14.8. The number of amides is 1. The van der Waals surface area contributed by atoms with Crippen molar-refractivity contribution in [3.05, 3.63) is 47.5 Å². The molecule has 0 atom stereocenters. The third-order valence-corrected chi connectivity index (χ3v) is 2.50. The molecular formula is C11H10F3N5O. The summed E-state index contributed by atoms with van der Waals surface area (Å²) in [6.07, 6.45) is -1.50. The highest BCUT2D eigenvalue weighted by atomic mass is 19.4. The van der Waals surface area contributed by atoms with Crippen LogP contribution in [0.25, 0.3) is 0 Å². The fourth-order valence-electron chi connectivity index (χ4n) is 1.50. The lowest BCUT2D eigenvalue weighted by molar-refractivity contribution is -0.137. The maximum Gasteiger partial charge on any atom is 0.419 e. The van der Waals surface area contributed by atoms with E-state index in [0.717, 1.165) is 17.1 Å². The predicted octanol–water partition coefficient (Wildman–Crippen LogP) is 0.949. The van der Waals surface area contributed by atoms with Gasteiger partial charge in [0.1, 0.15) is 0 Å². The second-order valence-electron chi connectivity index (χ2n) is 3.94. The highest BCUT2D eigenvalue weighted by molar-refractivity contribution is 5.93. The van der Waals surface area contributed by atoms with Crippen LogP contribution in [0, 0.1) is 0 Å². The summed E-state index contributed by atoms with van der Waals surface area (Å²) in [5, 5.41) is 3.61. The number of nitrogens with one attached hydrogen (secondary N) is 1. The van der Waals surface area contributed by atoms with Gasteiger partial charge in [-0.05, 0) is 12.1 Å². The lowest BCUT2D eigenvalue weighted by atomic mass is 10.2. The van der Waals surface area contributed by atoms with Gasteiger partial charge in [0.15, 0.2) is 0 Å². The molecule has 0 radical (unpaired) electrons. The van der Waals surface area contributed by atoms with Crippen LogP contribution in [0.3, 0.4) is 0 Å². The van der Waals surface area contributed by atoms with Crippen LogP contribution < -0.4 is 11.3 Å². The normalized spacial score (nSPS) is 11.4. The minimum absolute atomic E-state index is 0.0700. The Morgan fingerprint density at radius 2 is 2.10 bits per heavy atom. The summed E-state index contributed by atoms with van der Waals surface area (Å²) in [5.74, 6) is 4.46. The first-order chi connectivity index (χ1) is 9.40. The number of carbonyl (C=O) groups excluding carboxylic acids is 1. The first-order valence-electron chi connectivity index (χ1n) is 5.45. The molecule has 2 aromatic rings. The number of hydrogen-bond donors (Lipinski definition) is 2. The molecule has 0 aliphatic carbocycles. The van der Waals surface area contributed by atoms with Crippen molar-refractivity contribution in [1.29, 1.82) is 0 Å². The standard InChI is InChI=1S/C11H10F3N5O/c12-11(13,14)8-4-17-19(5-8)6-9-2-1-7(3-16-9)10(20)18-15/h1-5H,6,15H2,(H,18,20). The second kappa shape index (κ2) is 5.29. The fourth-order valence-corrected chi connectivity index (χ4v) is 1.50. The number of aromatic nitrogens is 3. The predicted molar refractivity (Wildman–Crippen MR) is 62.2 cm³/mol. The summed E-state index contributed by atoms with van der Waals surface area (Å²) in [6, 6.07) is 2.98. The van der Waals surface area contributed by atoms with E-state index in [1.54, 1.807) is 0 Å². The summed E-state index contributed by atoms with van der Waals surface area (Å²) in [7, 11) is 0. The van der Waals surface area contributed by atoms with E-state index < -0.39 is 17.6 Å². The van der Waals surface area contributed by atoms with E-state index in [1.165, 1.54) is 18.3 Å². The van der Waals surface area contributed by atoms with Crippen molar-refractivity contribution < 1.29 is 18.0 Å². The van der Waals surface area contributed by atoms with Crippen LogP contribution in [0.5, 0.6) is 0 Å². The summed E-state index contributed by atoms with van der Waals surface area (Å²) in [5.41, 5.74) is 1.85. The molecule has 0 saturated heterocycles. The molecule has 0 saturated carbocycles. The van der Waals surface area contributed by atoms with Crippen molar-refractivity contribution in [2.45, 2.75) is 12.7 Å². The minimum Gasteiger partial charge on any atom is -0.290 e. The van der Waals surface area contributed by atoms with Crippen molar-refractivity contribution in [2.75, 3.05) is 0 Å². The molecule has 2 rings (SSSR count). The van der Waals surface area contributed by atoms with Gasteiger partial charge in [-0.25, -0.2) is 5.84 Å². The van der Waals surface area contributed by atoms with Gasteiger partial charge in [-0.15, -0.1) is 0 Å². The molecule has 6 nitrogen and oxygen atoms in total. The van der Waals surface area contributed by atoms with E-state index in [9.17, 15) is 18.0 Å². The van der Waals surface area contributed by atoms with E-state index in [-0.39, 0.29) is 12.1 Å². The molecule has 0 aliphatic heterocycles. The molecular weight excluding hydrogens is 275 g/mol. The summed E-state index contributed by atoms with van der Waals surface area (Å²) in [6.45, 7) is 0.0700. The van der Waals surface area contributed by atoms with Crippen LogP contribution in [0.1, 0.15) is 21.6 Å². The first-order valence-corrected chi connectivity index (χ1v) is 5.45. The van der Waals surface area contributed by atoms with Crippen LogP contribution >= 0.6 is 0 Å². The Balaban J connectivity index is 2.10. The summed E-state index contributed by atoms with van der Waals surface area (Å²) < 4.78 is 38.3. The number of carbonyl (C=O) groups is 1. The number of hydrogen-bond acceptors (Lipinski definition) is 4. The third kappa shape index (κ3) is 3.12. The van der Waals surface area contributed by atoms with Crippen molar-refractivity contribution in [3.63, 3.8) is 0 Å². The Labute approximate surface area is 111 Å². The topological polar surface area (TPSA) is 85.8 Å². The van der Waals surface area contributed by atoms with E-state index in [2.05, 4.69) is 10.1 Å². The van der Waals surface area contributed by atoms with Gasteiger partial charge >= 0.3 is 6.18 Å². The molecule has 2 aromatic heterocycles. The minimum atomic E-state index is -4.42. The van der Waals surface area contributed by atoms with Gasteiger partial charge in [-0.2, -0.15) is 18.3 Å². The molecule has 0 aromatic carbocycles. The average Bonchev–Trinajstić information content (AvgIpc) is 2.87. The van der Waals surface area contributed by atoms with Crippen molar-refractivity contribution in [3.8, 4) is 0 Å². The third-order valence-electron chi connectivity index (χ3n) is 2.50. The van der Waals surface area contributed by atoms with Crippen molar-refractivity contribution in [2.24, 2.45) is 5.84 Å². The Bertz CT molecular complexity index is 605. The van der Waals surface area contributed by atoms with Gasteiger partial charge in [-0.1, -0.05) is 0 Å². The number of pyridine rings is 1. The average molecular weight is 285 g/mol. The van der Waals surface area contributed by atoms with Gasteiger partial charge in [-0.3, -0.25) is 19.9 Å². The number of halogens is 3. The summed E-state index contributed by atoms with van der Waals surface area (Å²) in [4.78, 5) is 15.1.